The van der Waals surface area contributed by atoms with Crippen LogP contribution >= 0.6 is 11.8 Å². The van der Waals surface area contributed by atoms with Crippen LogP contribution in [0.3, 0.4) is 0 Å². The molecule has 2 aromatic rings. The van der Waals surface area contributed by atoms with Gasteiger partial charge < -0.3 is 26.8 Å². The summed E-state index contributed by atoms with van der Waals surface area (Å²) in [5.74, 6) is 0.990. The molecule has 0 amide bonds. The molecule has 0 aliphatic carbocycles. The molecule has 1 atom stereocenters. The fraction of sp³-hybridized carbons (Fsp3) is 0.350. The number of nitrogens with zero attached hydrogens (tertiary/aromatic N) is 2. The van der Waals surface area contributed by atoms with Crippen molar-refractivity contribution in [2.24, 2.45) is 0 Å². The normalized spacial score (nSPS) is 21.7. The standard InChI is InChI=1S/C20H22FN2O2S.BrH/c1-14-6-3-4-7-18(14)22-13-20(24,23-10-5-11-26-19(22)23)16-9-8-15(25-2)12-17(16)21;/h3-4,6-9,12,24H,5,10-11,13H2,1-2H3;1H/q+1;/p-1. The molecule has 144 valence electrons. The minimum absolute atomic E-state index is 0. The maximum Gasteiger partial charge on any atom is 0.316 e. The molecule has 2 aliphatic heterocycles. The molecule has 27 heavy (non-hydrogen) atoms. The number of para-hydroxylation sites is 1. The lowest BCUT2D eigenvalue weighted by Gasteiger charge is -2.24. The summed E-state index contributed by atoms with van der Waals surface area (Å²) in [6, 6.07) is 12.8. The van der Waals surface area contributed by atoms with Crippen LogP contribution in [-0.4, -0.2) is 40.8 Å². The van der Waals surface area contributed by atoms with Gasteiger partial charge >= 0.3 is 5.17 Å². The van der Waals surface area contributed by atoms with Crippen molar-refractivity contribution in [3.05, 3.63) is 59.4 Å². The molecule has 4 nitrogen and oxygen atoms in total. The van der Waals surface area contributed by atoms with Gasteiger partial charge in [0.15, 0.2) is 6.54 Å². The van der Waals surface area contributed by atoms with Gasteiger partial charge in [-0.2, -0.15) is 0 Å². The van der Waals surface area contributed by atoms with Gasteiger partial charge in [-0.25, -0.2) is 13.9 Å². The van der Waals surface area contributed by atoms with E-state index in [0.717, 1.165) is 28.6 Å². The van der Waals surface area contributed by atoms with Crippen molar-refractivity contribution in [2.75, 3.05) is 30.9 Å². The first-order valence-corrected chi connectivity index (χ1v) is 9.70. The number of hydrogen-bond donors (Lipinski definition) is 1. The number of amidine groups is 1. The molecule has 2 aromatic carbocycles. The van der Waals surface area contributed by atoms with Crippen LogP contribution in [0.4, 0.5) is 10.1 Å². The zero-order chi connectivity index (χ0) is 18.3. The monoisotopic (exact) mass is 452 g/mol. The molecule has 7 heteroatoms. The fourth-order valence-corrected chi connectivity index (χ4v) is 4.91. The van der Waals surface area contributed by atoms with Gasteiger partial charge in [0.1, 0.15) is 17.3 Å². The summed E-state index contributed by atoms with van der Waals surface area (Å²) in [7, 11) is 1.51. The van der Waals surface area contributed by atoms with E-state index in [9.17, 15) is 9.50 Å². The van der Waals surface area contributed by atoms with Crippen molar-refractivity contribution < 1.29 is 35.8 Å². The molecule has 0 bridgehead atoms. The molecule has 2 aliphatic rings. The van der Waals surface area contributed by atoms with Crippen molar-refractivity contribution in [1.82, 2.24) is 0 Å². The zero-order valence-corrected chi connectivity index (χ0v) is 17.7. The van der Waals surface area contributed by atoms with Gasteiger partial charge in [-0.3, -0.25) is 0 Å². The average molecular weight is 453 g/mol. The first-order valence-electron chi connectivity index (χ1n) is 8.71. The zero-order valence-electron chi connectivity index (χ0n) is 15.3. The molecule has 0 radical (unpaired) electrons. The maximum atomic E-state index is 14.8. The van der Waals surface area contributed by atoms with Crippen molar-refractivity contribution in [2.45, 2.75) is 19.1 Å². The minimum Gasteiger partial charge on any atom is -1.00 e. The predicted molar refractivity (Wildman–Crippen MR) is 103 cm³/mol. The van der Waals surface area contributed by atoms with E-state index in [2.05, 4.69) is 17.9 Å². The Labute approximate surface area is 173 Å². The quantitative estimate of drug-likeness (QED) is 0.680. The molecule has 0 spiro atoms. The van der Waals surface area contributed by atoms with Crippen molar-refractivity contribution in [1.29, 1.82) is 0 Å². The van der Waals surface area contributed by atoms with Gasteiger partial charge in [0.2, 0.25) is 0 Å². The molecule has 0 saturated heterocycles. The molecule has 2 heterocycles. The lowest BCUT2D eigenvalue weighted by Crippen LogP contribution is -3.00. The van der Waals surface area contributed by atoms with E-state index in [-0.39, 0.29) is 22.5 Å². The molecular formula is C20H22BrFN2O2S. The molecular weight excluding hydrogens is 431 g/mol. The van der Waals surface area contributed by atoms with Gasteiger partial charge in [-0.15, -0.1) is 0 Å². The number of rotatable bonds is 3. The third kappa shape index (κ3) is 3.37. The van der Waals surface area contributed by atoms with Crippen LogP contribution in [0.2, 0.25) is 0 Å². The number of ether oxygens (including phenoxy) is 1. The lowest BCUT2D eigenvalue weighted by atomic mass is 10.0. The third-order valence-corrected chi connectivity index (χ3v) is 6.25. The number of aliphatic hydroxyl groups is 1. The predicted octanol–water partition coefficient (Wildman–Crippen LogP) is 0.317. The topological polar surface area (TPSA) is 35.7 Å². The second-order valence-electron chi connectivity index (χ2n) is 6.67. The number of benzene rings is 2. The molecule has 1 N–H and O–H groups in total. The second kappa shape index (κ2) is 7.81. The molecule has 0 aromatic heterocycles. The van der Waals surface area contributed by atoms with Gasteiger partial charge in [-0.05, 0) is 48.9 Å². The highest BCUT2D eigenvalue weighted by Gasteiger charge is 2.54. The van der Waals surface area contributed by atoms with E-state index in [0.29, 0.717) is 18.8 Å². The van der Waals surface area contributed by atoms with Crippen LogP contribution in [0, 0.1) is 12.7 Å². The molecule has 4 rings (SSSR count). The van der Waals surface area contributed by atoms with Crippen LogP contribution in [0.5, 0.6) is 5.75 Å². The van der Waals surface area contributed by atoms with Crippen LogP contribution in [-0.2, 0) is 5.72 Å². The number of thioether (sulfide) groups is 1. The van der Waals surface area contributed by atoms with E-state index in [4.69, 9.17) is 4.74 Å². The van der Waals surface area contributed by atoms with E-state index in [1.807, 2.05) is 22.8 Å². The maximum absolute atomic E-state index is 14.8. The van der Waals surface area contributed by atoms with Crippen LogP contribution in [0.25, 0.3) is 0 Å². The summed E-state index contributed by atoms with van der Waals surface area (Å²) in [5.41, 5.74) is 1.06. The second-order valence-corrected chi connectivity index (χ2v) is 7.73. The highest BCUT2D eigenvalue weighted by molar-refractivity contribution is 8.13. The lowest BCUT2D eigenvalue weighted by molar-refractivity contribution is -0.657. The number of halogens is 2. The van der Waals surface area contributed by atoms with E-state index >= 15 is 0 Å². The Morgan fingerprint density at radius 1 is 1.26 bits per heavy atom. The smallest absolute Gasteiger partial charge is 0.316 e. The minimum atomic E-state index is -1.40. The van der Waals surface area contributed by atoms with Crippen LogP contribution in [0.15, 0.2) is 42.5 Å². The summed E-state index contributed by atoms with van der Waals surface area (Å²) in [6.07, 6.45) is 0.954. The Morgan fingerprint density at radius 3 is 2.74 bits per heavy atom. The fourth-order valence-electron chi connectivity index (χ4n) is 3.73. The summed E-state index contributed by atoms with van der Waals surface area (Å²) < 4.78 is 21.8. The average Bonchev–Trinajstić information content (AvgIpc) is 2.96. The first-order chi connectivity index (χ1) is 12.5. The van der Waals surface area contributed by atoms with E-state index in [1.165, 1.54) is 13.2 Å². The van der Waals surface area contributed by atoms with Crippen molar-refractivity contribution in [3.63, 3.8) is 0 Å². The largest absolute Gasteiger partial charge is 1.00 e. The van der Waals surface area contributed by atoms with Gasteiger partial charge in [-0.1, -0.05) is 18.2 Å². The Hall–Kier alpha value is -1.57. The number of anilines is 1. The molecule has 1 unspecified atom stereocenters. The number of β-amino-alcohol motifs (C(OH)–C–C–N with tert-alkyl or cyclic N) is 1. The Balaban J connectivity index is 0.00000210. The Morgan fingerprint density at radius 2 is 2.04 bits per heavy atom. The van der Waals surface area contributed by atoms with Crippen LogP contribution < -0.4 is 26.6 Å². The van der Waals surface area contributed by atoms with E-state index < -0.39 is 11.5 Å². The molecule has 0 fully saturated rings. The highest BCUT2D eigenvalue weighted by atomic mass is 79.9. The Bertz CT molecular complexity index is 892. The number of methoxy groups -OCH3 is 1. The van der Waals surface area contributed by atoms with E-state index in [1.54, 1.807) is 23.9 Å². The van der Waals surface area contributed by atoms with Crippen molar-refractivity contribution >= 4 is 22.6 Å². The third-order valence-electron chi connectivity index (χ3n) is 5.06. The first kappa shape index (κ1) is 20.2. The van der Waals surface area contributed by atoms with Gasteiger partial charge in [0.05, 0.1) is 19.2 Å². The summed E-state index contributed by atoms with van der Waals surface area (Å²) in [5, 5.41) is 12.6. The highest BCUT2D eigenvalue weighted by Crippen LogP contribution is 2.39. The van der Waals surface area contributed by atoms with Crippen LogP contribution in [0.1, 0.15) is 17.5 Å². The summed E-state index contributed by atoms with van der Waals surface area (Å²) in [4.78, 5) is 2.11. The SMILES string of the molecule is COc1ccc(C2(O)CN(c3ccccc3C)C3=[N+]2CCCS3)c(F)c1.[Br-]. The van der Waals surface area contributed by atoms with Gasteiger partial charge in [0.25, 0.3) is 5.72 Å². The Kier molecular flexibility index (Phi) is 5.84. The molecule has 0 saturated carbocycles. The number of aryl methyl sites for hydroxylation is 1. The summed E-state index contributed by atoms with van der Waals surface area (Å²) >= 11 is 1.72. The van der Waals surface area contributed by atoms with Crippen molar-refractivity contribution in [3.8, 4) is 5.75 Å². The van der Waals surface area contributed by atoms with Gasteiger partial charge in [0, 0.05) is 11.8 Å². The summed E-state index contributed by atoms with van der Waals surface area (Å²) in [6.45, 7) is 3.05. The number of hydrogen-bond acceptors (Lipinski definition) is 4.